The Kier molecular flexibility index (Phi) is 6.47. The number of amides is 1. The zero-order chi connectivity index (χ0) is 16.7. The maximum absolute atomic E-state index is 12.2. The van der Waals surface area contributed by atoms with Crippen LogP contribution in [0.15, 0.2) is 24.3 Å². The number of piperazine rings is 1. The summed E-state index contributed by atoms with van der Waals surface area (Å²) in [5.74, 6) is 1.50. The number of ether oxygens (including phenoxy) is 2. The van der Waals surface area contributed by atoms with E-state index in [1.54, 1.807) is 6.08 Å². The lowest BCUT2D eigenvalue weighted by Crippen LogP contribution is -2.46. The van der Waals surface area contributed by atoms with Crippen LogP contribution in [0, 0.1) is 0 Å². The van der Waals surface area contributed by atoms with Gasteiger partial charge in [-0.25, -0.2) is 0 Å². The van der Waals surface area contributed by atoms with Gasteiger partial charge in [0.1, 0.15) is 0 Å². The molecule has 0 radical (unpaired) electrons. The minimum atomic E-state index is 0.0601. The molecular weight excluding hydrogens is 292 g/mol. The van der Waals surface area contributed by atoms with E-state index in [4.69, 9.17) is 9.47 Å². The molecule has 5 nitrogen and oxygen atoms in total. The molecular formula is C18H26N2O3. The van der Waals surface area contributed by atoms with Crippen LogP contribution in [0.2, 0.25) is 0 Å². The fourth-order valence-electron chi connectivity index (χ4n) is 2.47. The maximum Gasteiger partial charge on any atom is 0.246 e. The smallest absolute Gasteiger partial charge is 0.246 e. The highest BCUT2D eigenvalue weighted by atomic mass is 16.5. The third-order valence-electron chi connectivity index (χ3n) is 3.80. The average Bonchev–Trinajstić information content (AvgIpc) is 2.56. The summed E-state index contributed by atoms with van der Waals surface area (Å²) in [4.78, 5) is 16.3. The van der Waals surface area contributed by atoms with E-state index in [0.717, 1.165) is 37.5 Å². The zero-order valence-electron chi connectivity index (χ0n) is 14.2. The maximum atomic E-state index is 12.2. The van der Waals surface area contributed by atoms with Gasteiger partial charge in [-0.15, -0.1) is 0 Å². The van der Waals surface area contributed by atoms with Crippen LogP contribution >= 0.6 is 0 Å². The Labute approximate surface area is 138 Å². The third kappa shape index (κ3) is 4.99. The number of carbonyl (C=O) groups excluding carboxylic acids is 1. The Morgan fingerprint density at radius 2 is 1.74 bits per heavy atom. The van der Waals surface area contributed by atoms with Gasteiger partial charge in [-0.2, -0.15) is 0 Å². The van der Waals surface area contributed by atoms with Crippen molar-refractivity contribution in [3.05, 3.63) is 29.8 Å². The Bertz CT molecular complexity index is 549. The van der Waals surface area contributed by atoms with Gasteiger partial charge in [0, 0.05) is 32.3 Å². The Morgan fingerprint density at radius 1 is 1.09 bits per heavy atom. The zero-order valence-corrected chi connectivity index (χ0v) is 14.2. The van der Waals surface area contributed by atoms with Crippen LogP contribution in [0.25, 0.3) is 6.08 Å². The quantitative estimate of drug-likeness (QED) is 0.755. The van der Waals surface area contributed by atoms with Crippen LogP contribution < -0.4 is 9.47 Å². The van der Waals surface area contributed by atoms with Crippen molar-refractivity contribution in [2.45, 2.75) is 13.8 Å². The van der Waals surface area contributed by atoms with E-state index in [2.05, 4.69) is 11.9 Å². The van der Waals surface area contributed by atoms with Crippen molar-refractivity contribution >= 4 is 12.0 Å². The molecule has 0 spiro atoms. The predicted octanol–water partition coefficient (Wildman–Crippen LogP) is 2.27. The third-order valence-corrected chi connectivity index (χ3v) is 3.80. The summed E-state index contributed by atoms with van der Waals surface area (Å²) < 4.78 is 11.2. The molecule has 1 aromatic rings. The van der Waals surface area contributed by atoms with E-state index in [-0.39, 0.29) is 5.91 Å². The Hall–Kier alpha value is -2.01. The van der Waals surface area contributed by atoms with Gasteiger partial charge in [0.15, 0.2) is 11.5 Å². The van der Waals surface area contributed by atoms with Crippen LogP contribution in [0.4, 0.5) is 0 Å². The van der Waals surface area contributed by atoms with Crippen LogP contribution in [0.3, 0.4) is 0 Å². The summed E-state index contributed by atoms with van der Waals surface area (Å²) in [6.07, 6.45) is 3.47. The highest BCUT2D eigenvalue weighted by molar-refractivity contribution is 5.92. The number of benzene rings is 1. The summed E-state index contributed by atoms with van der Waals surface area (Å²) >= 11 is 0. The van der Waals surface area contributed by atoms with Crippen molar-refractivity contribution in [1.82, 2.24) is 9.80 Å². The van der Waals surface area contributed by atoms with E-state index in [0.29, 0.717) is 19.0 Å². The molecule has 0 unspecified atom stereocenters. The molecule has 0 aliphatic carbocycles. The lowest BCUT2D eigenvalue weighted by atomic mass is 10.2. The summed E-state index contributed by atoms with van der Waals surface area (Å²) in [5.41, 5.74) is 0.930. The molecule has 1 amide bonds. The predicted molar refractivity (Wildman–Crippen MR) is 91.9 cm³/mol. The number of likely N-dealkylation sites (N-methyl/N-ethyl adjacent to an activating group) is 1. The molecule has 0 aromatic heterocycles. The van der Waals surface area contributed by atoms with E-state index in [1.807, 2.05) is 43.0 Å². The van der Waals surface area contributed by atoms with Gasteiger partial charge >= 0.3 is 0 Å². The van der Waals surface area contributed by atoms with E-state index >= 15 is 0 Å². The topological polar surface area (TPSA) is 42.0 Å². The number of hydrogen-bond donors (Lipinski definition) is 0. The summed E-state index contributed by atoms with van der Waals surface area (Å²) in [6, 6.07) is 5.72. The first kappa shape index (κ1) is 17.3. The normalized spacial score (nSPS) is 15.9. The number of nitrogens with zero attached hydrogens (tertiary/aromatic N) is 2. The summed E-state index contributed by atoms with van der Waals surface area (Å²) in [7, 11) is 2.08. The average molecular weight is 318 g/mol. The molecule has 23 heavy (non-hydrogen) atoms. The largest absolute Gasteiger partial charge is 0.490 e. The fourth-order valence-corrected chi connectivity index (χ4v) is 2.47. The molecule has 0 bridgehead atoms. The van der Waals surface area contributed by atoms with Gasteiger partial charge < -0.3 is 19.3 Å². The summed E-state index contributed by atoms with van der Waals surface area (Å²) in [5, 5.41) is 0. The molecule has 2 rings (SSSR count). The van der Waals surface area contributed by atoms with E-state index < -0.39 is 0 Å². The molecule has 0 saturated carbocycles. The molecule has 1 fully saturated rings. The SMILES string of the molecule is CCOc1ccc(/C=C/C(=O)N2CCN(C)CC2)cc1OCC. The molecule has 1 heterocycles. The van der Waals surface area contributed by atoms with Crippen molar-refractivity contribution in [2.24, 2.45) is 0 Å². The lowest BCUT2D eigenvalue weighted by molar-refractivity contribution is -0.127. The second kappa shape index (κ2) is 8.58. The van der Waals surface area contributed by atoms with Crippen molar-refractivity contribution in [1.29, 1.82) is 0 Å². The van der Waals surface area contributed by atoms with Gasteiger partial charge in [0.05, 0.1) is 13.2 Å². The second-order valence-corrected chi connectivity index (χ2v) is 5.53. The number of carbonyl (C=O) groups is 1. The lowest BCUT2D eigenvalue weighted by Gasteiger charge is -2.31. The fraction of sp³-hybridized carbons (Fsp3) is 0.500. The molecule has 1 aliphatic rings. The first-order chi connectivity index (χ1) is 11.1. The number of rotatable bonds is 6. The second-order valence-electron chi connectivity index (χ2n) is 5.53. The molecule has 0 N–H and O–H groups in total. The highest BCUT2D eigenvalue weighted by Crippen LogP contribution is 2.29. The van der Waals surface area contributed by atoms with Gasteiger partial charge in [0.25, 0.3) is 0 Å². The van der Waals surface area contributed by atoms with Crippen molar-refractivity contribution in [3.63, 3.8) is 0 Å². The van der Waals surface area contributed by atoms with Crippen molar-refractivity contribution in [3.8, 4) is 11.5 Å². The van der Waals surface area contributed by atoms with Crippen LogP contribution in [0.1, 0.15) is 19.4 Å². The Balaban J connectivity index is 2.03. The van der Waals surface area contributed by atoms with Crippen LogP contribution in [-0.2, 0) is 4.79 Å². The number of hydrogen-bond acceptors (Lipinski definition) is 4. The highest BCUT2D eigenvalue weighted by Gasteiger charge is 2.16. The van der Waals surface area contributed by atoms with Gasteiger partial charge in [-0.1, -0.05) is 6.07 Å². The van der Waals surface area contributed by atoms with Crippen molar-refractivity contribution in [2.75, 3.05) is 46.4 Å². The first-order valence-electron chi connectivity index (χ1n) is 8.19. The molecule has 0 atom stereocenters. The minimum Gasteiger partial charge on any atom is -0.490 e. The van der Waals surface area contributed by atoms with Gasteiger partial charge in [-0.05, 0) is 44.7 Å². The summed E-state index contributed by atoms with van der Waals surface area (Å²) in [6.45, 7) is 8.48. The van der Waals surface area contributed by atoms with Gasteiger partial charge in [0.2, 0.25) is 5.91 Å². The molecule has 126 valence electrons. The monoisotopic (exact) mass is 318 g/mol. The van der Waals surface area contributed by atoms with E-state index in [1.165, 1.54) is 0 Å². The van der Waals surface area contributed by atoms with Crippen molar-refractivity contribution < 1.29 is 14.3 Å². The molecule has 5 heteroatoms. The van der Waals surface area contributed by atoms with Crippen LogP contribution in [0.5, 0.6) is 11.5 Å². The van der Waals surface area contributed by atoms with Gasteiger partial charge in [-0.3, -0.25) is 4.79 Å². The minimum absolute atomic E-state index is 0.0601. The molecule has 1 saturated heterocycles. The van der Waals surface area contributed by atoms with E-state index in [9.17, 15) is 4.79 Å². The Morgan fingerprint density at radius 3 is 2.39 bits per heavy atom. The first-order valence-corrected chi connectivity index (χ1v) is 8.19. The molecule has 1 aliphatic heterocycles. The standard InChI is InChI=1S/C18H26N2O3/c1-4-22-16-8-6-15(14-17(16)23-5-2)7-9-18(21)20-12-10-19(3)11-13-20/h6-9,14H,4-5,10-13H2,1-3H3/b9-7+. The van der Waals surface area contributed by atoms with Crippen LogP contribution in [-0.4, -0.2) is 62.1 Å². The molecule has 1 aromatic carbocycles.